The smallest absolute Gasteiger partial charge is 0.251 e. The maximum atomic E-state index is 13.0. The van der Waals surface area contributed by atoms with Gasteiger partial charge in [0, 0.05) is 31.2 Å². The van der Waals surface area contributed by atoms with Gasteiger partial charge in [-0.15, -0.1) is 0 Å². The lowest BCUT2D eigenvalue weighted by Crippen LogP contribution is -2.42. The van der Waals surface area contributed by atoms with Crippen LogP contribution in [0.3, 0.4) is 0 Å². The van der Waals surface area contributed by atoms with Crippen LogP contribution in [0, 0.1) is 5.92 Å². The lowest BCUT2D eigenvalue weighted by atomic mass is 10.1. The Morgan fingerprint density at radius 1 is 1.38 bits per heavy atom. The van der Waals surface area contributed by atoms with Crippen LogP contribution in [0.15, 0.2) is 23.1 Å². The first-order valence-electron chi connectivity index (χ1n) is 8.74. The second kappa shape index (κ2) is 7.91. The van der Waals surface area contributed by atoms with Gasteiger partial charge in [0.25, 0.3) is 5.91 Å². The van der Waals surface area contributed by atoms with Crippen LogP contribution in [-0.2, 0) is 14.8 Å². The predicted octanol–water partition coefficient (Wildman–Crippen LogP) is 0.183. The van der Waals surface area contributed by atoms with Crippen LogP contribution in [0.4, 0.5) is 0 Å². The van der Waals surface area contributed by atoms with Crippen molar-refractivity contribution in [1.29, 1.82) is 0 Å². The van der Waals surface area contributed by atoms with E-state index in [0.717, 1.165) is 12.8 Å². The molecule has 1 aliphatic carbocycles. The monoisotopic (exact) mass is 383 g/mol. The van der Waals surface area contributed by atoms with Gasteiger partial charge < -0.3 is 20.5 Å². The van der Waals surface area contributed by atoms with E-state index in [1.807, 2.05) is 0 Å². The summed E-state index contributed by atoms with van der Waals surface area (Å²) in [6, 6.07) is 4.37. The molecule has 0 bridgehead atoms. The van der Waals surface area contributed by atoms with Gasteiger partial charge >= 0.3 is 0 Å². The Balaban J connectivity index is 1.87. The standard InChI is InChI=1S/C17H25N3O5S/c1-24-15-5-4-13(17(21)19-14(11-18)12-2-3-12)10-16(15)26(22,23)20-6-8-25-9-7-20/h4-5,10,12,14H,2-3,6-9,11,18H2,1H3,(H,19,21). The van der Waals surface area contributed by atoms with Gasteiger partial charge in [0.15, 0.2) is 0 Å². The summed E-state index contributed by atoms with van der Waals surface area (Å²) in [5, 5.41) is 2.91. The summed E-state index contributed by atoms with van der Waals surface area (Å²) in [4.78, 5) is 12.6. The Morgan fingerprint density at radius 3 is 2.65 bits per heavy atom. The van der Waals surface area contributed by atoms with Crippen molar-refractivity contribution in [3.8, 4) is 5.75 Å². The average Bonchev–Trinajstić information content (AvgIpc) is 3.51. The minimum Gasteiger partial charge on any atom is -0.495 e. The molecule has 0 spiro atoms. The van der Waals surface area contributed by atoms with Crippen molar-refractivity contribution in [1.82, 2.24) is 9.62 Å². The van der Waals surface area contributed by atoms with E-state index in [0.29, 0.717) is 25.7 Å². The zero-order valence-electron chi connectivity index (χ0n) is 14.8. The zero-order valence-corrected chi connectivity index (χ0v) is 15.6. The van der Waals surface area contributed by atoms with Crippen LogP contribution in [-0.4, -0.2) is 64.6 Å². The summed E-state index contributed by atoms with van der Waals surface area (Å²) in [7, 11) is -2.37. The van der Waals surface area contributed by atoms with E-state index >= 15 is 0 Å². The molecule has 26 heavy (non-hydrogen) atoms. The number of carbonyl (C=O) groups excluding carboxylic acids is 1. The molecule has 144 valence electrons. The van der Waals surface area contributed by atoms with Gasteiger partial charge in [0.2, 0.25) is 10.0 Å². The predicted molar refractivity (Wildman–Crippen MR) is 95.6 cm³/mol. The summed E-state index contributed by atoms with van der Waals surface area (Å²) in [6.45, 7) is 1.62. The second-order valence-electron chi connectivity index (χ2n) is 6.54. The molecule has 1 saturated heterocycles. The molecule has 1 atom stereocenters. The molecule has 2 fully saturated rings. The molecule has 2 aliphatic rings. The molecule has 1 saturated carbocycles. The molecule has 1 aromatic rings. The summed E-state index contributed by atoms with van der Waals surface area (Å²) in [5.74, 6) is 0.304. The van der Waals surface area contributed by atoms with Crippen molar-refractivity contribution in [3.63, 3.8) is 0 Å². The lowest BCUT2D eigenvalue weighted by molar-refractivity contribution is 0.0729. The summed E-state index contributed by atoms with van der Waals surface area (Å²) < 4.78 is 37.7. The first kappa shape index (κ1) is 19.1. The number of benzene rings is 1. The van der Waals surface area contributed by atoms with E-state index in [-0.39, 0.29) is 41.2 Å². The Morgan fingerprint density at radius 2 is 2.08 bits per heavy atom. The van der Waals surface area contributed by atoms with Gasteiger partial charge in [-0.1, -0.05) is 0 Å². The first-order chi connectivity index (χ1) is 12.5. The number of amides is 1. The maximum absolute atomic E-state index is 13.0. The molecule has 8 nitrogen and oxygen atoms in total. The third-order valence-corrected chi connectivity index (χ3v) is 6.69. The molecular weight excluding hydrogens is 358 g/mol. The Labute approximate surface area is 153 Å². The summed E-state index contributed by atoms with van der Waals surface area (Å²) in [5.41, 5.74) is 6.01. The molecule has 0 aromatic heterocycles. The third-order valence-electron chi connectivity index (χ3n) is 4.78. The molecule has 9 heteroatoms. The number of morpholine rings is 1. The van der Waals surface area contributed by atoms with Crippen LogP contribution in [0.5, 0.6) is 5.75 Å². The number of sulfonamides is 1. The summed E-state index contributed by atoms with van der Waals surface area (Å²) in [6.07, 6.45) is 2.11. The molecule has 3 N–H and O–H groups in total. The van der Waals surface area contributed by atoms with Gasteiger partial charge in [-0.2, -0.15) is 4.31 Å². The zero-order chi connectivity index (χ0) is 18.7. The number of carbonyl (C=O) groups is 1. The van der Waals surface area contributed by atoms with Gasteiger partial charge in [-0.3, -0.25) is 4.79 Å². The van der Waals surface area contributed by atoms with Gasteiger partial charge in [-0.25, -0.2) is 8.42 Å². The number of ether oxygens (including phenoxy) is 2. The number of nitrogens with two attached hydrogens (primary N) is 1. The normalized spacial score (nSPS) is 19.8. The number of hydrogen-bond acceptors (Lipinski definition) is 6. The number of nitrogens with one attached hydrogen (secondary N) is 1. The maximum Gasteiger partial charge on any atom is 0.251 e. The van der Waals surface area contributed by atoms with Crippen molar-refractivity contribution in [3.05, 3.63) is 23.8 Å². The van der Waals surface area contributed by atoms with Crippen molar-refractivity contribution in [2.45, 2.75) is 23.8 Å². The number of hydrogen-bond donors (Lipinski definition) is 2. The lowest BCUT2D eigenvalue weighted by Gasteiger charge is -2.27. The van der Waals surface area contributed by atoms with Crippen LogP contribution in [0.2, 0.25) is 0 Å². The Kier molecular flexibility index (Phi) is 5.81. The van der Waals surface area contributed by atoms with Crippen LogP contribution >= 0.6 is 0 Å². The fourth-order valence-corrected chi connectivity index (χ4v) is 4.65. The van der Waals surface area contributed by atoms with Crippen LogP contribution in [0.1, 0.15) is 23.2 Å². The van der Waals surface area contributed by atoms with Gasteiger partial charge in [-0.05, 0) is 37.0 Å². The van der Waals surface area contributed by atoms with E-state index in [4.69, 9.17) is 15.2 Å². The van der Waals surface area contributed by atoms with E-state index in [1.165, 1.54) is 23.5 Å². The molecular formula is C17H25N3O5S. The molecule has 0 radical (unpaired) electrons. The second-order valence-corrected chi connectivity index (χ2v) is 8.44. The molecule has 1 aromatic carbocycles. The highest BCUT2D eigenvalue weighted by Gasteiger charge is 2.33. The highest BCUT2D eigenvalue weighted by Crippen LogP contribution is 2.33. The fourth-order valence-electron chi connectivity index (χ4n) is 3.07. The number of rotatable bonds is 7. The van der Waals surface area contributed by atoms with Gasteiger partial charge in [0.05, 0.1) is 20.3 Å². The third kappa shape index (κ3) is 4.01. The molecule has 1 amide bonds. The van der Waals surface area contributed by atoms with Crippen molar-refractivity contribution in [2.75, 3.05) is 40.0 Å². The number of nitrogens with zero attached hydrogens (tertiary/aromatic N) is 1. The minimum absolute atomic E-state index is 0.00901. The topological polar surface area (TPSA) is 111 Å². The van der Waals surface area contributed by atoms with E-state index in [1.54, 1.807) is 6.07 Å². The first-order valence-corrected chi connectivity index (χ1v) is 10.2. The van der Waals surface area contributed by atoms with Crippen LogP contribution in [0.25, 0.3) is 0 Å². The summed E-state index contributed by atoms with van der Waals surface area (Å²) >= 11 is 0. The molecule has 3 rings (SSSR count). The van der Waals surface area contributed by atoms with Gasteiger partial charge in [0.1, 0.15) is 10.6 Å². The van der Waals surface area contributed by atoms with Crippen molar-refractivity contribution >= 4 is 15.9 Å². The fraction of sp³-hybridized carbons (Fsp3) is 0.588. The minimum atomic E-state index is -3.78. The van der Waals surface area contributed by atoms with Crippen molar-refractivity contribution < 1.29 is 22.7 Å². The highest BCUT2D eigenvalue weighted by atomic mass is 32.2. The molecule has 1 unspecified atom stereocenters. The quantitative estimate of drug-likeness (QED) is 0.695. The SMILES string of the molecule is COc1ccc(C(=O)NC(CN)C2CC2)cc1S(=O)(=O)N1CCOCC1. The van der Waals surface area contributed by atoms with Crippen molar-refractivity contribution in [2.24, 2.45) is 11.7 Å². The Hall–Kier alpha value is -1.68. The average molecular weight is 383 g/mol. The molecule has 1 aliphatic heterocycles. The van der Waals surface area contributed by atoms with E-state index in [2.05, 4.69) is 5.32 Å². The molecule has 1 heterocycles. The highest BCUT2D eigenvalue weighted by molar-refractivity contribution is 7.89. The van der Waals surface area contributed by atoms with E-state index < -0.39 is 10.0 Å². The van der Waals surface area contributed by atoms with Crippen LogP contribution < -0.4 is 15.8 Å². The number of methoxy groups -OCH3 is 1. The van der Waals surface area contributed by atoms with E-state index in [9.17, 15) is 13.2 Å². The Bertz CT molecular complexity index is 758. The largest absolute Gasteiger partial charge is 0.495 e.